The van der Waals surface area contributed by atoms with Crippen molar-refractivity contribution in [2.45, 2.75) is 23.9 Å². The number of halogens is 1. The van der Waals surface area contributed by atoms with Crippen LogP contribution in [0.4, 0.5) is 0 Å². The van der Waals surface area contributed by atoms with Crippen molar-refractivity contribution in [3.05, 3.63) is 69.5 Å². The lowest BCUT2D eigenvalue weighted by Crippen LogP contribution is -2.28. The lowest BCUT2D eigenvalue weighted by atomic mass is 10.2. The van der Waals surface area contributed by atoms with Gasteiger partial charge in [0.25, 0.3) is 5.56 Å². The molecule has 0 saturated heterocycles. The minimum absolute atomic E-state index is 0.0446. The highest BCUT2D eigenvalue weighted by Crippen LogP contribution is 2.27. The first kappa shape index (κ1) is 18.0. The number of hydrogen-bond donors (Lipinski definition) is 0. The van der Waals surface area contributed by atoms with Crippen molar-refractivity contribution in [2.75, 3.05) is 13.7 Å². The molecule has 0 fully saturated rings. The Bertz CT molecular complexity index is 942. The number of rotatable bonds is 6. The molecule has 1 heterocycles. The van der Waals surface area contributed by atoms with Crippen molar-refractivity contribution in [3.63, 3.8) is 0 Å². The minimum Gasteiger partial charge on any atom is -0.383 e. The summed E-state index contributed by atoms with van der Waals surface area (Å²) >= 11 is 7.76. The van der Waals surface area contributed by atoms with E-state index in [4.69, 9.17) is 21.3 Å². The second-order valence-electron chi connectivity index (χ2n) is 5.77. The van der Waals surface area contributed by atoms with E-state index in [0.29, 0.717) is 28.4 Å². The molecule has 3 aromatic rings. The molecule has 6 heteroatoms. The Labute approximate surface area is 155 Å². The van der Waals surface area contributed by atoms with Gasteiger partial charge in [-0.05, 0) is 30.7 Å². The first-order valence-electron chi connectivity index (χ1n) is 7.98. The lowest BCUT2D eigenvalue weighted by Gasteiger charge is -2.19. The Hall–Kier alpha value is -1.82. The van der Waals surface area contributed by atoms with Crippen LogP contribution < -0.4 is 5.56 Å². The normalized spacial score (nSPS) is 12.4. The van der Waals surface area contributed by atoms with E-state index in [0.717, 1.165) is 10.6 Å². The van der Waals surface area contributed by atoms with Gasteiger partial charge in [-0.3, -0.25) is 9.36 Å². The monoisotopic (exact) mass is 374 g/mol. The van der Waals surface area contributed by atoms with Gasteiger partial charge < -0.3 is 4.74 Å². The molecule has 1 unspecified atom stereocenters. The molecule has 0 aliphatic carbocycles. The van der Waals surface area contributed by atoms with Crippen molar-refractivity contribution in [2.24, 2.45) is 0 Å². The molecule has 0 aliphatic heterocycles. The highest BCUT2D eigenvalue weighted by Gasteiger charge is 2.16. The maximum atomic E-state index is 13.0. The number of methoxy groups -OCH3 is 1. The summed E-state index contributed by atoms with van der Waals surface area (Å²) in [6.07, 6.45) is 0. The van der Waals surface area contributed by atoms with Crippen LogP contribution in [-0.2, 0) is 10.5 Å². The van der Waals surface area contributed by atoms with Gasteiger partial charge in [0.15, 0.2) is 5.16 Å². The molecule has 1 atom stereocenters. The van der Waals surface area contributed by atoms with Gasteiger partial charge in [0, 0.05) is 17.9 Å². The summed E-state index contributed by atoms with van der Waals surface area (Å²) in [6.45, 7) is 2.40. The largest absolute Gasteiger partial charge is 0.383 e. The summed E-state index contributed by atoms with van der Waals surface area (Å²) in [5.41, 5.74) is 1.68. The maximum Gasteiger partial charge on any atom is 0.262 e. The van der Waals surface area contributed by atoms with E-state index in [1.54, 1.807) is 11.7 Å². The molecule has 3 rings (SSSR count). The van der Waals surface area contributed by atoms with Crippen LogP contribution in [0.25, 0.3) is 10.9 Å². The van der Waals surface area contributed by atoms with Gasteiger partial charge in [0.1, 0.15) is 0 Å². The Morgan fingerprint density at radius 3 is 2.68 bits per heavy atom. The zero-order chi connectivity index (χ0) is 17.8. The number of para-hydroxylation sites is 1. The molecule has 4 nitrogen and oxygen atoms in total. The van der Waals surface area contributed by atoms with Gasteiger partial charge in [-0.1, -0.05) is 53.7 Å². The predicted octanol–water partition coefficient (Wildman–Crippen LogP) is 4.55. The zero-order valence-electron chi connectivity index (χ0n) is 14.1. The van der Waals surface area contributed by atoms with E-state index in [-0.39, 0.29) is 11.6 Å². The first-order chi connectivity index (χ1) is 12.1. The van der Waals surface area contributed by atoms with E-state index >= 15 is 0 Å². The first-order valence-corrected chi connectivity index (χ1v) is 9.34. The molecule has 130 valence electrons. The van der Waals surface area contributed by atoms with Crippen molar-refractivity contribution in [3.8, 4) is 0 Å². The summed E-state index contributed by atoms with van der Waals surface area (Å²) in [6, 6.07) is 15.0. The predicted molar refractivity (Wildman–Crippen MR) is 104 cm³/mol. The van der Waals surface area contributed by atoms with Gasteiger partial charge in [-0.15, -0.1) is 0 Å². The second kappa shape index (κ2) is 8.04. The van der Waals surface area contributed by atoms with Crippen LogP contribution in [0, 0.1) is 0 Å². The lowest BCUT2D eigenvalue weighted by molar-refractivity contribution is 0.156. The van der Waals surface area contributed by atoms with Crippen molar-refractivity contribution in [1.82, 2.24) is 9.55 Å². The quantitative estimate of drug-likeness (QED) is 0.469. The molecule has 1 aromatic heterocycles. The van der Waals surface area contributed by atoms with E-state index in [2.05, 4.69) is 0 Å². The molecular weight excluding hydrogens is 356 g/mol. The van der Waals surface area contributed by atoms with E-state index < -0.39 is 0 Å². The van der Waals surface area contributed by atoms with Crippen LogP contribution in [0.2, 0.25) is 5.02 Å². The summed E-state index contributed by atoms with van der Waals surface area (Å²) in [7, 11) is 1.63. The summed E-state index contributed by atoms with van der Waals surface area (Å²) in [5, 5.41) is 2.01. The fraction of sp³-hybridized carbons (Fsp3) is 0.263. The SMILES string of the molecule is COCC(C)n1c(SCc2ccccc2Cl)nc2ccccc2c1=O. The number of nitrogens with zero attached hydrogens (tertiary/aromatic N) is 2. The topological polar surface area (TPSA) is 44.1 Å². The van der Waals surface area contributed by atoms with Crippen LogP contribution in [0.15, 0.2) is 58.5 Å². The van der Waals surface area contributed by atoms with E-state index in [1.165, 1.54) is 11.8 Å². The number of thioether (sulfide) groups is 1. The highest BCUT2D eigenvalue weighted by atomic mass is 35.5. The minimum atomic E-state index is -0.108. The van der Waals surface area contributed by atoms with Gasteiger partial charge in [-0.2, -0.15) is 0 Å². The molecule has 0 spiro atoms. The molecule has 25 heavy (non-hydrogen) atoms. The average Bonchev–Trinajstić information content (AvgIpc) is 2.61. The van der Waals surface area contributed by atoms with Crippen molar-refractivity contribution < 1.29 is 4.74 Å². The van der Waals surface area contributed by atoms with E-state index in [1.807, 2.05) is 55.5 Å². The number of fused-ring (bicyclic) bond motifs is 1. The maximum absolute atomic E-state index is 13.0. The zero-order valence-corrected chi connectivity index (χ0v) is 15.7. The number of aromatic nitrogens is 2. The summed E-state index contributed by atoms with van der Waals surface area (Å²) < 4.78 is 6.96. The second-order valence-corrected chi connectivity index (χ2v) is 7.12. The molecule has 2 aromatic carbocycles. The van der Waals surface area contributed by atoms with Crippen molar-refractivity contribution in [1.29, 1.82) is 0 Å². The third-order valence-electron chi connectivity index (χ3n) is 3.94. The Kier molecular flexibility index (Phi) is 5.78. The van der Waals surface area contributed by atoms with Gasteiger partial charge >= 0.3 is 0 Å². The van der Waals surface area contributed by atoms with Gasteiger partial charge in [0.2, 0.25) is 0 Å². The molecule has 0 bridgehead atoms. The molecule has 0 radical (unpaired) electrons. The van der Waals surface area contributed by atoms with Crippen LogP contribution in [0.3, 0.4) is 0 Å². The molecule has 0 amide bonds. The number of benzene rings is 2. The smallest absolute Gasteiger partial charge is 0.262 e. The van der Waals surface area contributed by atoms with Gasteiger partial charge in [-0.25, -0.2) is 4.98 Å². The fourth-order valence-corrected chi connectivity index (χ4v) is 4.07. The fourth-order valence-electron chi connectivity index (χ4n) is 2.69. The van der Waals surface area contributed by atoms with Crippen LogP contribution in [0.1, 0.15) is 18.5 Å². The Balaban J connectivity index is 2.04. The van der Waals surface area contributed by atoms with Crippen molar-refractivity contribution >= 4 is 34.3 Å². The van der Waals surface area contributed by atoms with Crippen LogP contribution >= 0.6 is 23.4 Å². The highest BCUT2D eigenvalue weighted by molar-refractivity contribution is 7.98. The Morgan fingerprint density at radius 1 is 1.20 bits per heavy atom. The molecular formula is C19H19ClN2O2S. The average molecular weight is 375 g/mol. The summed E-state index contributed by atoms with van der Waals surface area (Å²) in [4.78, 5) is 17.7. The molecule has 0 saturated carbocycles. The third kappa shape index (κ3) is 3.89. The molecule has 0 N–H and O–H groups in total. The van der Waals surface area contributed by atoms with Gasteiger partial charge in [0.05, 0.1) is 23.6 Å². The molecule has 0 aliphatic rings. The standard InChI is InChI=1S/C19H19ClN2O2S/c1-13(11-24-2)22-18(23)15-8-4-6-10-17(15)21-19(22)25-12-14-7-3-5-9-16(14)20/h3-10,13H,11-12H2,1-2H3. The van der Waals surface area contributed by atoms with Crippen LogP contribution in [-0.4, -0.2) is 23.3 Å². The van der Waals surface area contributed by atoms with E-state index in [9.17, 15) is 4.79 Å². The third-order valence-corrected chi connectivity index (χ3v) is 5.31. The summed E-state index contributed by atoms with van der Waals surface area (Å²) in [5.74, 6) is 0.643. The number of hydrogen-bond acceptors (Lipinski definition) is 4. The van der Waals surface area contributed by atoms with Crippen LogP contribution in [0.5, 0.6) is 0 Å². The Morgan fingerprint density at radius 2 is 1.92 bits per heavy atom. The number of ether oxygens (including phenoxy) is 1.